The van der Waals surface area contributed by atoms with Crippen molar-refractivity contribution in [3.05, 3.63) is 29.3 Å². The summed E-state index contributed by atoms with van der Waals surface area (Å²) >= 11 is 0. The number of nitrogens with zero attached hydrogens (tertiary/aromatic N) is 1. The summed E-state index contributed by atoms with van der Waals surface area (Å²) in [7, 11) is 1.94. The molecule has 1 aromatic rings. The first-order valence-electron chi connectivity index (χ1n) is 9.94. The summed E-state index contributed by atoms with van der Waals surface area (Å²) in [6.07, 6.45) is 1.87. The van der Waals surface area contributed by atoms with Crippen molar-refractivity contribution < 1.29 is 9.59 Å². The number of fused-ring (bicyclic) bond motifs is 1. The fourth-order valence-corrected chi connectivity index (χ4v) is 4.44. The van der Waals surface area contributed by atoms with Crippen molar-refractivity contribution >= 4 is 17.6 Å². The minimum atomic E-state index is -0.225. The average molecular weight is 373 g/mol. The van der Waals surface area contributed by atoms with E-state index in [1.807, 2.05) is 50.9 Å². The number of hydrogen-bond acceptors (Lipinski definition) is 3. The number of benzene rings is 1. The van der Waals surface area contributed by atoms with Crippen LogP contribution in [0.5, 0.6) is 0 Å². The molecule has 2 aliphatic heterocycles. The fraction of sp³-hybridized carbons (Fsp3) is 0.619. The van der Waals surface area contributed by atoms with E-state index in [2.05, 4.69) is 22.9 Å². The van der Waals surface area contributed by atoms with Gasteiger partial charge in [-0.3, -0.25) is 4.79 Å². The minimum Gasteiger partial charge on any atom is -0.342 e. The Kier molecular flexibility index (Phi) is 5.75. The van der Waals surface area contributed by atoms with E-state index in [1.54, 1.807) is 0 Å². The first kappa shape index (κ1) is 19.7. The lowest BCUT2D eigenvalue weighted by molar-refractivity contribution is -0.140. The monoisotopic (exact) mass is 372 g/mol. The summed E-state index contributed by atoms with van der Waals surface area (Å²) in [6, 6.07) is 6.46. The number of carbonyl (C=O) groups excluding carboxylic acids is 2. The molecular weight excluding hydrogens is 340 g/mol. The number of anilines is 1. The van der Waals surface area contributed by atoms with Crippen molar-refractivity contribution in [2.75, 3.05) is 18.9 Å². The number of aryl methyl sites for hydroxylation is 1. The van der Waals surface area contributed by atoms with Crippen molar-refractivity contribution in [2.24, 2.45) is 5.92 Å². The largest absolute Gasteiger partial charge is 0.342 e. The Morgan fingerprint density at radius 2 is 2.04 bits per heavy atom. The van der Waals surface area contributed by atoms with E-state index >= 15 is 0 Å². The van der Waals surface area contributed by atoms with E-state index in [4.69, 9.17) is 0 Å². The maximum absolute atomic E-state index is 13.1. The van der Waals surface area contributed by atoms with Crippen molar-refractivity contribution in [3.63, 3.8) is 0 Å². The van der Waals surface area contributed by atoms with Crippen LogP contribution in [0.4, 0.5) is 10.5 Å². The Morgan fingerprint density at radius 3 is 2.74 bits per heavy atom. The standard InChI is InChI=1S/C21H32N4O2/c1-12(2)23-21(27)24-16-7-6-13(3)17(10-16)18-9-15-11-22-14(4)8-19(15)25(5)20(18)26/h6-7,10,12,14-15,18-19,22H,8-9,11H2,1-5H3,(H2,23,24,27). The molecule has 0 bridgehead atoms. The smallest absolute Gasteiger partial charge is 0.319 e. The van der Waals surface area contributed by atoms with Crippen molar-refractivity contribution in [1.82, 2.24) is 15.5 Å². The number of hydrogen-bond donors (Lipinski definition) is 3. The summed E-state index contributed by atoms with van der Waals surface area (Å²) in [4.78, 5) is 27.1. The van der Waals surface area contributed by atoms with Gasteiger partial charge in [0.15, 0.2) is 0 Å². The first-order chi connectivity index (χ1) is 12.8. The van der Waals surface area contributed by atoms with Gasteiger partial charge in [0.2, 0.25) is 5.91 Å². The summed E-state index contributed by atoms with van der Waals surface area (Å²) < 4.78 is 0. The number of urea groups is 1. The fourth-order valence-electron chi connectivity index (χ4n) is 4.44. The highest BCUT2D eigenvalue weighted by Gasteiger charge is 2.43. The van der Waals surface area contributed by atoms with Crippen LogP contribution in [0.15, 0.2) is 18.2 Å². The molecule has 4 unspecified atom stereocenters. The Morgan fingerprint density at radius 1 is 1.30 bits per heavy atom. The number of likely N-dealkylation sites (tertiary alicyclic amines) is 1. The SMILES string of the molecule is Cc1ccc(NC(=O)NC(C)C)cc1C1CC2CNC(C)CC2N(C)C1=O. The zero-order valence-electron chi connectivity index (χ0n) is 17.0. The molecule has 4 atom stereocenters. The lowest BCUT2D eigenvalue weighted by atomic mass is 9.75. The summed E-state index contributed by atoms with van der Waals surface area (Å²) in [5.41, 5.74) is 2.83. The molecule has 6 nitrogen and oxygen atoms in total. The van der Waals surface area contributed by atoms with Gasteiger partial charge >= 0.3 is 6.03 Å². The number of carbonyl (C=O) groups is 2. The molecule has 2 aliphatic rings. The highest BCUT2D eigenvalue weighted by Crippen LogP contribution is 2.39. The molecule has 0 aliphatic carbocycles. The third kappa shape index (κ3) is 4.26. The van der Waals surface area contributed by atoms with Gasteiger partial charge in [0.25, 0.3) is 0 Å². The van der Waals surface area contributed by atoms with Gasteiger partial charge in [0, 0.05) is 37.4 Å². The van der Waals surface area contributed by atoms with Crippen LogP contribution in [0.2, 0.25) is 0 Å². The number of rotatable bonds is 3. The second-order valence-corrected chi connectivity index (χ2v) is 8.43. The normalized spacial score (nSPS) is 28.1. The Hall–Kier alpha value is -2.08. The number of piperidine rings is 2. The van der Waals surface area contributed by atoms with E-state index in [0.717, 1.165) is 36.2 Å². The van der Waals surface area contributed by atoms with E-state index < -0.39 is 0 Å². The van der Waals surface area contributed by atoms with Crippen LogP contribution in [0.25, 0.3) is 0 Å². The molecule has 2 fully saturated rings. The molecule has 1 aromatic carbocycles. The lowest BCUT2D eigenvalue weighted by Gasteiger charge is -2.47. The lowest BCUT2D eigenvalue weighted by Crippen LogP contribution is -2.57. The number of amides is 3. The van der Waals surface area contributed by atoms with Crippen LogP contribution < -0.4 is 16.0 Å². The summed E-state index contributed by atoms with van der Waals surface area (Å²) in [5, 5.41) is 9.26. The van der Waals surface area contributed by atoms with Gasteiger partial charge in [-0.15, -0.1) is 0 Å². The van der Waals surface area contributed by atoms with Crippen molar-refractivity contribution in [3.8, 4) is 0 Å². The highest BCUT2D eigenvalue weighted by molar-refractivity contribution is 5.90. The van der Waals surface area contributed by atoms with Gasteiger partial charge in [-0.2, -0.15) is 0 Å². The Balaban J connectivity index is 1.81. The average Bonchev–Trinajstić information content (AvgIpc) is 2.60. The third-order valence-electron chi connectivity index (χ3n) is 5.88. The molecule has 2 saturated heterocycles. The topological polar surface area (TPSA) is 73.5 Å². The molecule has 27 heavy (non-hydrogen) atoms. The van der Waals surface area contributed by atoms with Crippen LogP contribution in [0.3, 0.4) is 0 Å². The van der Waals surface area contributed by atoms with Crippen LogP contribution in [0, 0.1) is 12.8 Å². The first-order valence-corrected chi connectivity index (χ1v) is 9.94. The Labute approximate surface area is 162 Å². The molecule has 0 aromatic heterocycles. The number of nitrogens with one attached hydrogen (secondary N) is 3. The van der Waals surface area contributed by atoms with Crippen molar-refractivity contribution in [1.29, 1.82) is 0 Å². The van der Waals surface area contributed by atoms with Crippen LogP contribution in [-0.2, 0) is 4.79 Å². The van der Waals surface area contributed by atoms with Crippen molar-refractivity contribution in [2.45, 2.75) is 64.6 Å². The van der Waals surface area contributed by atoms with Crippen LogP contribution in [-0.4, -0.2) is 48.6 Å². The van der Waals surface area contributed by atoms with Gasteiger partial charge in [0.1, 0.15) is 0 Å². The third-order valence-corrected chi connectivity index (χ3v) is 5.88. The van der Waals surface area contributed by atoms with Gasteiger partial charge in [-0.05, 0) is 69.7 Å². The molecule has 148 valence electrons. The molecule has 0 saturated carbocycles. The molecule has 0 radical (unpaired) electrons. The molecule has 3 rings (SSSR count). The summed E-state index contributed by atoms with van der Waals surface area (Å²) in [6.45, 7) is 9.02. The maximum atomic E-state index is 13.1. The van der Waals surface area contributed by atoms with E-state index in [-0.39, 0.29) is 23.9 Å². The second-order valence-electron chi connectivity index (χ2n) is 8.43. The van der Waals surface area contributed by atoms with E-state index in [9.17, 15) is 9.59 Å². The van der Waals surface area contributed by atoms with E-state index in [0.29, 0.717) is 18.0 Å². The predicted molar refractivity (Wildman–Crippen MR) is 108 cm³/mol. The second kappa shape index (κ2) is 7.89. The molecule has 0 spiro atoms. The maximum Gasteiger partial charge on any atom is 0.319 e. The van der Waals surface area contributed by atoms with Crippen LogP contribution in [0.1, 0.15) is 50.7 Å². The number of likely N-dealkylation sites (N-methyl/N-ethyl adjacent to an activating group) is 1. The molecule has 6 heteroatoms. The Bertz CT molecular complexity index is 718. The van der Waals surface area contributed by atoms with Gasteiger partial charge < -0.3 is 20.9 Å². The zero-order chi connectivity index (χ0) is 19.7. The molecular formula is C21H32N4O2. The van der Waals surface area contributed by atoms with Gasteiger partial charge in [-0.1, -0.05) is 6.07 Å². The highest BCUT2D eigenvalue weighted by atomic mass is 16.2. The molecule has 3 N–H and O–H groups in total. The van der Waals surface area contributed by atoms with Gasteiger partial charge in [-0.25, -0.2) is 4.79 Å². The molecule has 2 heterocycles. The van der Waals surface area contributed by atoms with Gasteiger partial charge in [0.05, 0.1) is 5.92 Å². The van der Waals surface area contributed by atoms with Crippen LogP contribution >= 0.6 is 0 Å². The van der Waals surface area contributed by atoms with E-state index in [1.165, 1.54) is 0 Å². The zero-order valence-corrected chi connectivity index (χ0v) is 17.0. The molecule has 3 amide bonds. The summed E-state index contributed by atoms with van der Waals surface area (Å²) in [5.74, 6) is 0.507. The predicted octanol–water partition coefficient (Wildman–Crippen LogP) is 2.84. The minimum absolute atomic E-state index is 0.0709. The quantitative estimate of drug-likeness (QED) is 0.764.